The van der Waals surface area contributed by atoms with Crippen LogP contribution in [0.1, 0.15) is 11.1 Å². The van der Waals surface area contributed by atoms with Crippen molar-refractivity contribution in [2.24, 2.45) is 5.84 Å². The van der Waals surface area contributed by atoms with E-state index in [2.05, 4.69) is 5.43 Å². The minimum atomic E-state index is -0.296. The first-order valence-electron chi connectivity index (χ1n) is 4.34. The van der Waals surface area contributed by atoms with E-state index in [4.69, 9.17) is 5.84 Å². The normalized spacial score (nSPS) is 11.9. The van der Waals surface area contributed by atoms with E-state index in [0.29, 0.717) is 6.54 Å². The first-order chi connectivity index (χ1) is 6.81. The van der Waals surface area contributed by atoms with Gasteiger partial charge in [0.25, 0.3) is 0 Å². The number of fused-ring (bicyclic) bond motifs is 1. The molecule has 0 saturated carbocycles. The van der Waals surface area contributed by atoms with Crippen LogP contribution in [0, 0.1) is 0 Å². The summed E-state index contributed by atoms with van der Waals surface area (Å²) in [5.41, 5.74) is 4.37. The lowest BCUT2D eigenvalue weighted by molar-refractivity contribution is 0.213. The Kier molecular flexibility index (Phi) is 5.88. The molecular weight excluding hydrogens is 249 g/mol. The van der Waals surface area contributed by atoms with Gasteiger partial charge >= 0.3 is 6.03 Å². The summed E-state index contributed by atoms with van der Waals surface area (Å²) >= 11 is 0. The Bertz CT molecular complexity index is 395. The molecule has 4 nitrogen and oxygen atoms in total. The molecule has 0 saturated heterocycles. The standard InChI is InChI=1S/C10H11N3O.2ClH/c11-12-10(14)13-6-5-8-3-1-2-4-9(8)7-13;;/h1-6H,7,11H2,(H,12,14);2*1H. The Morgan fingerprint density at radius 2 is 2.00 bits per heavy atom. The fraction of sp³-hybridized carbons (Fsp3) is 0.100. The number of halogens is 2. The van der Waals surface area contributed by atoms with Crippen LogP contribution in [0.4, 0.5) is 4.79 Å². The Balaban J connectivity index is 0.00000112. The van der Waals surface area contributed by atoms with Gasteiger partial charge in [0.1, 0.15) is 0 Å². The summed E-state index contributed by atoms with van der Waals surface area (Å²) in [5.74, 6) is 5.05. The molecule has 16 heavy (non-hydrogen) atoms. The molecule has 0 aliphatic carbocycles. The number of hydrogen-bond donors (Lipinski definition) is 2. The van der Waals surface area contributed by atoms with E-state index < -0.39 is 0 Å². The molecule has 88 valence electrons. The van der Waals surface area contributed by atoms with Crippen LogP contribution in [0.5, 0.6) is 0 Å². The number of nitrogens with two attached hydrogens (primary N) is 1. The van der Waals surface area contributed by atoms with Crippen molar-refractivity contribution in [3.05, 3.63) is 41.6 Å². The molecule has 0 spiro atoms. The summed E-state index contributed by atoms with van der Waals surface area (Å²) in [4.78, 5) is 12.7. The zero-order valence-electron chi connectivity index (χ0n) is 8.42. The van der Waals surface area contributed by atoms with E-state index in [0.717, 1.165) is 11.1 Å². The van der Waals surface area contributed by atoms with Crippen LogP contribution in [0.3, 0.4) is 0 Å². The van der Waals surface area contributed by atoms with Gasteiger partial charge in [0.05, 0.1) is 6.54 Å². The molecule has 1 aromatic rings. The number of carbonyl (C=O) groups is 1. The van der Waals surface area contributed by atoms with Crippen LogP contribution in [0.2, 0.25) is 0 Å². The number of urea groups is 1. The molecule has 2 amide bonds. The highest BCUT2D eigenvalue weighted by Crippen LogP contribution is 2.18. The first kappa shape index (κ1) is 14.8. The molecule has 1 heterocycles. The number of hydrazine groups is 1. The lowest BCUT2D eigenvalue weighted by atomic mass is 10.0. The van der Waals surface area contributed by atoms with Gasteiger partial charge in [-0.1, -0.05) is 24.3 Å². The molecule has 0 fully saturated rings. The summed E-state index contributed by atoms with van der Waals surface area (Å²) in [6.07, 6.45) is 3.62. The van der Waals surface area contributed by atoms with Crippen molar-refractivity contribution in [3.8, 4) is 0 Å². The molecule has 1 aliphatic heterocycles. The Morgan fingerprint density at radius 1 is 1.31 bits per heavy atom. The van der Waals surface area contributed by atoms with E-state index in [9.17, 15) is 4.79 Å². The largest absolute Gasteiger partial charge is 0.335 e. The molecule has 3 N–H and O–H groups in total. The maximum absolute atomic E-state index is 11.2. The molecule has 0 radical (unpaired) electrons. The van der Waals surface area contributed by atoms with E-state index >= 15 is 0 Å². The minimum Gasteiger partial charge on any atom is -0.296 e. The highest BCUT2D eigenvalue weighted by atomic mass is 35.5. The van der Waals surface area contributed by atoms with Gasteiger partial charge < -0.3 is 0 Å². The monoisotopic (exact) mass is 261 g/mol. The van der Waals surface area contributed by atoms with E-state index in [-0.39, 0.29) is 30.8 Å². The third-order valence-corrected chi connectivity index (χ3v) is 2.21. The summed E-state index contributed by atoms with van der Waals surface area (Å²) in [6, 6.07) is 7.65. The van der Waals surface area contributed by atoms with Crippen molar-refractivity contribution in [3.63, 3.8) is 0 Å². The zero-order chi connectivity index (χ0) is 9.97. The predicted molar refractivity (Wildman–Crippen MR) is 68.2 cm³/mol. The molecule has 0 atom stereocenters. The third kappa shape index (κ3) is 2.88. The van der Waals surface area contributed by atoms with Crippen molar-refractivity contribution >= 4 is 36.9 Å². The van der Waals surface area contributed by atoms with Crippen LogP contribution in [0.15, 0.2) is 30.5 Å². The maximum Gasteiger partial charge on any atom is 0.335 e. The number of nitrogens with one attached hydrogen (secondary N) is 1. The van der Waals surface area contributed by atoms with Gasteiger partial charge in [0, 0.05) is 6.20 Å². The van der Waals surface area contributed by atoms with Crippen molar-refractivity contribution in [1.29, 1.82) is 0 Å². The summed E-state index contributed by atoms with van der Waals surface area (Å²) < 4.78 is 0. The average Bonchev–Trinajstić information content (AvgIpc) is 2.27. The third-order valence-electron chi connectivity index (χ3n) is 2.21. The van der Waals surface area contributed by atoms with E-state index in [1.165, 1.54) is 4.90 Å². The second-order valence-corrected chi connectivity index (χ2v) is 3.09. The number of rotatable bonds is 0. The second kappa shape index (κ2) is 6.37. The molecule has 6 heteroatoms. The van der Waals surface area contributed by atoms with Crippen LogP contribution in [0.25, 0.3) is 6.08 Å². The molecular formula is C10H13Cl2N3O. The number of hydrogen-bond acceptors (Lipinski definition) is 2. The van der Waals surface area contributed by atoms with Crippen LogP contribution in [-0.4, -0.2) is 10.9 Å². The fourth-order valence-corrected chi connectivity index (χ4v) is 1.47. The maximum atomic E-state index is 11.2. The average molecular weight is 262 g/mol. The van der Waals surface area contributed by atoms with E-state index in [1.54, 1.807) is 6.20 Å². The second-order valence-electron chi connectivity index (χ2n) is 3.09. The highest BCUT2D eigenvalue weighted by Gasteiger charge is 2.14. The zero-order valence-corrected chi connectivity index (χ0v) is 10.1. The fourth-order valence-electron chi connectivity index (χ4n) is 1.47. The molecule has 2 rings (SSSR count). The molecule has 0 bridgehead atoms. The highest BCUT2D eigenvalue weighted by molar-refractivity contribution is 5.85. The Morgan fingerprint density at radius 3 is 2.69 bits per heavy atom. The van der Waals surface area contributed by atoms with Gasteiger partial charge in [0.2, 0.25) is 0 Å². The SMILES string of the molecule is Cl.Cl.NNC(=O)N1C=Cc2ccccc2C1. The summed E-state index contributed by atoms with van der Waals surface area (Å²) in [5, 5.41) is 0. The Hall–Kier alpha value is -1.23. The van der Waals surface area contributed by atoms with E-state index in [1.807, 2.05) is 30.3 Å². The summed E-state index contributed by atoms with van der Waals surface area (Å²) in [7, 11) is 0. The van der Waals surface area contributed by atoms with Crippen molar-refractivity contribution < 1.29 is 4.79 Å². The lowest BCUT2D eigenvalue weighted by Gasteiger charge is -2.22. The predicted octanol–water partition coefficient (Wildman–Crippen LogP) is 1.90. The number of nitrogens with zero attached hydrogens (tertiary/aromatic N) is 1. The number of amides is 2. The van der Waals surface area contributed by atoms with Crippen LogP contribution >= 0.6 is 24.8 Å². The number of benzene rings is 1. The van der Waals surface area contributed by atoms with Gasteiger partial charge in [-0.15, -0.1) is 24.8 Å². The van der Waals surface area contributed by atoms with Crippen molar-refractivity contribution in [1.82, 2.24) is 10.3 Å². The quantitative estimate of drug-likeness (QED) is 0.426. The molecule has 0 unspecified atom stereocenters. The van der Waals surface area contributed by atoms with Gasteiger partial charge in [-0.05, 0) is 17.2 Å². The topological polar surface area (TPSA) is 58.4 Å². The van der Waals surface area contributed by atoms with Crippen molar-refractivity contribution in [2.45, 2.75) is 6.54 Å². The molecule has 1 aromatic carbocycles. The first-order valence-corrected chi connectivity index (χ1v) is 4.34. The smallest absolute Gasteiger partial charge is 0.296 e. The van der Waals surface area contributed by atoms with Crippen LogP contribution < -0.4 is 11.3 Å². The summed E-state index contributed by atoms with van der Waals surface area (Å²) in [6.45, 7) is 0.565. The van der Waals surface area contributed by atoms with Crippen molar-refractivity contribution in [2.75, 3.05) is 0 Å². The van der Waals surface area contributed by atoms with Crippen LogP contribution in [-0.2, 0) is 6.54 Å². The van der Waals surface area contributed by atoms with Gasteiger partial charge in [0.15, 0.2) is 0 Å². The van der Waals surface area contributed by atoms with Gasteiger partial charge in [-0.3, -0.25) is 10.3 Å². The van der Waals surface area contributed by atoms with Gasteiger partial charge in [-0.25, -0.2) is 10.6 Å². The van der Waals surface area contributed by atoms with Gasteiger partial charge in [-0.2, -0.15) is 0 Å². The number of carbonyl (C=O) groups excluding carboxylic acids is 1. The molecule has 1 aliphatic rings. The minimum absolute atomic E-state index is 0. The Labute approximate surface area is 106 Å². The molecule has 0 aromatic heterocycles. The lowest BCUT2D eigenvalue weighted by Crippen LogP contribution is -2.40.